The predicted octanol–water partition coefficient (Wildman–Crippen LogP) is 3.86. The van der Waals surface area contributed by atoms with E-state index in [1.165, 1.54) is 0 Å². The summed E-state index contributed by atoms with van der Waals surface area (Å²) >= 11 is 1.59. The van der Waals surface area contributed by atoms with E-state index in [1.54, 1.807) is 22.0 Å². The van der Waals surface area contributed by atoms with E-state index < -0.39 is 0 Å². The maximum atomic E-state index is 12.6. The quantitative estimate of drug-likeness (QED) is 0.441. The Bertz CT molecular complexity index is 1160. The molecule has 0 aliphatic rings. The van der Waals surface area contributed by atoms with E-state index in [0.717, 1.165) is 20.9 Å². The summed E-state index contributed by atoms with van der Waals surface area (Å²) in [6.45, 7) is 4.31. The second-order valence-electron chi connectivity index (χ2n) is 5.80. The number of rotatable bonds is 4. The van der Waals surface area contributed by atoms with Crippen LogP contribution in [0.25, 0.3) is 21.1 Å². The molecule has 0 saturated heterocycles. The number of nitrogens with zero attached hydrogens (tertiary/aromatic N) is 4. The fourth-order valence-corrected chi connectivity index (χ4v) is 3.67. The number of aromatic nitrogens is 3. The summed E-state index contributed by atoms with van der Waals surface area (Å²) in [6.07, 6.45) is 0. The first-order chi connectivity index (χ1) is 12.7. The van der Waals surface area contributed by atoms with E-state index in [2.05, 4.69) is 20.5 Å². The van der Waals surface area contributed by atoms with Crippen molar-refractivity contribution in [3.8, 4) is 0 Å². The van der Waals surface area contributed by atoms with Gasteiger partial charge in [0.25, 0.3) is 5.56 Å². The van der Waals surface area contributed by atoms with Crippen molar-refractivity contribution in [3.05, 3.63) is 63.9 Å². The van der Waals surface area contributed by atoms with Gasteiger partial charge in [-0.15, -0.1) is 11.3 Å². The third-order valence-electron chi connectivity index (χ3n) is 4.10. The summed E-state index contributed by atoms with van der Waals surface area (Å²) in [5, 5.41) is 5.85. The molecule has 26 heavy (non-hydrogen) atoms. The Balaban J connectivity index is 1.72. The Labute approximate surface area is 153 Å². The number of hydrogen-bond acceptors (Lipinski definition) is 6. The number of hydrazone groups is 1. The normalized spacial score (nSPS) is 12.0. The number of nitrogens with one attached hydrogen (secondary N) is 1. The van der Waals surface area contributed by atoms with Gasteiger partial charge in [0.15, 0.2) is 0 Å². The molecule has 0 spiro atoms. The van der Waals surface area contributed by atoms with Crippen LogP contribution in [0.5, 0.6) is 0 Å². The van der Waals surface area contributed by atoms with Gasteiger partial charge in [-0.1, -0.05) is 24.3 Å². The Morgan fingerprint density at radius 2 is 1.85 bits per heavy atom. The number of fused-ring (bicyclic) bond motifs is 2. The van der Waals surface area contributed by atoms with Crippen molar-refractivity contribution in [1.29, 1.82) is 0 Å². The highest BCUT2D eigenvalue weighted by atomic mass is 32.1. The molecule has 0 fully saturated rings. The fraction of sp³-hybridized carbons (Fsp3) is 0.158. The smallest absolute Gasteiger partial charge is 0.262 e. The number of hydrogen-bond donors (Lipinski definition) is 1. The Kier molecular flexibility index (Phi) is 4.22. The summed E-state index contributed by atoms with van der Waals surface area (Å²) in [5.74, 6) is 0.427. The molecule has 0 radical (unpaired) electrons. The van der Waals surface area contributed by atoms with Gasteiger partial charge in [-0.3, -0.25) is 9.36 Å². The van der Waals surface area contributed by atoms with Crippen LogP contribution in [0.1, 0.15) is 18.9 Å². The van der Waals surface area contributed by atoms with Crippen molar-refractivity contribution in [1.82, 2.24) is 14.5 Å². The van der Waals surface area contributed by atoms with Crippen molar-refractivity contribution in [2.45, 2.75) is 20.4 Å². The first-order valence-corrected chi connectivity index (χ1v) is 9.15. The van der Waals surface area contributed by atoms with Gasteiger partial charge in [-0.25, -0.2) is 15.4 Å². The van der Waals surface area contributed by atoms with Crippen LogP contribution in [0.2, 0.25) is 0 Å². The monoisotopic (exact) mass is 363 g/mol. The SMILES string of the molecule is CCn1c(N/N=C(/C)c2nc3ccccc3s2)nc2ccccc2c1=O. The topological polar surface area (TPSA) is 72.2 Å². The Morgan fingerprint density at radius 1 is 1.12 bits per heavy atom. The van der Waals surface area contributed by atoms with Gasteiger partial charge in [-0.05, 0) is 38.1 Å². The minimum absolute atomic E-state index is 0.0755. The highest BCUT2D eigenvalue weighted by Crippen LogP contribution is 2.22. The van der Waals surface area contributed by atoms with Crippen LogP contribution in [0, 0.1) is 0 Å². The number of para-hydroxylation sites is 2. The fourth-order valence-electron chi connectivity index (χ4n) is 2.76. The number of thiazole rings is 1. The molecule has 4 aromatic rings. The van der Waals surface area contributed by atoms with E-state index in [4.69, 9.17) is 0 Å². The molecule has 0 aliphatic heterocycles. The summed E-state index contributed by atoms with van der Waals surface area (Å²) in [7, 11) is 0. The molecule has 0 aliphatic carbocycles. The third kappa shape index (κ3) is 2.86. The van der Waals surface area contributed by atoms with Crippen molar-refractivity contribution in [3.63, 3.8) is 0 Å². The van der Waals surface area contributed by atoms with Crippen LogP contribution in [-0.4, -0.2) is 20.2 Å². The lowest BCUT2D eigenvalue weighted by Gasteiger charge is -2.10. The van der Waals surface area contributed by atoms with Crippen molar-refractivity contribution in [2.75, 3.05) is 5.43 Å². The van der Waals surface area contributed by atoms with Crippen LogP contribution in [0.3, 0.4) is 0 Å². The molecular formula is C19H17N5OS. The Hall–Kier alpha value is -3.06. The zero-order valence-corrected chi connectivity index (χ0v) is 15.2. The van der Waals surface area contributed by atoms with Gasteiger partial charge in [0.2, 0.25) is 5.95 Å². The highest BCUT2D eigenvalue weighted by Gasteiger charge is 2.10. The van der Waals surface area contributed by atoms with Gasteiger partial charge < -0.3 is 0 Å². The third-order valence-corrected chi connectivity index (χ3v) is 5.25. The predicted molar refractivity (Wildman–Crippen MR) is 107 cm³/mol. The summed E-state index contributed by atoms with van der Waals surface area (Å²) in [6, 6.07) is 15.3. The number of benzene rings is 2. The van der Waals surface area contributed by atoms with Gasteiger partial charge >= 0.3 is 0 Å². The lowest BCUT2D eigenvalue weighted by Crippen LogP contribution is -2.23. The van der Waals surface area contributed by atoms with Crippen molar-refractivity contribution >= 4 is 44.1 Å². The molecule has 130 valence electrons. The van der Waals surface area contributed by atoms with Gasteiger partial charge in [0.05, 0.1) is 26.8 Å². The van der Waals surface area contributed by atoms with E-state index in [0.29, 0.717) is 23.4 Å². The Morgan fingerprint density at radius 3 is 2.62 bits per heavy atom. The van der Waals surface area contributed by atoms with E-state index in [-0.39, 0.29) is 5.56 Å². The highest BCUT2D eigenvalue weighted by molar-refractivity contribution is 7.20. The van der Waals surface area contributed by atoms with E-state index in [1.807, 2.05) is 56.3 Å². The first-order valence-electron chi connectivity index (χ1n) is 8.33. The van der Waals surface area contributed by atoms with Crippen LogP contribution < -0.4 is 11.0 Å². The van der Waals surface area contributed by atoms with Crippen LogP contribution >= 0.6 is 11.3 Å². The summed E-state index contributed by atoms with van der Waals surface area (Å²) in [5.41, 5.74) is 5.22. The zero-order chi connectivity index (χ0) is 18.1. The molecule has 0 amide bonds. The van der Waals surface area contributed by atoms with Crippen LogP contribution in [-0.2, 0) is 6.54 Å². The van der Waals surface area contributed by atoms with Crippen LogP contribution in [0.15, 0.2) is 58.4 Å². The molecular weight excluding hydrogens is 346 g/mol. The minimum atomic E-state index is -0.0755. The summed E-state index contributed by atoms with van der Waals surface area (Å²) < 4.78 is 2.70. The lowest BCUT2D eigenvalue weighted by molar-refractivity contribution is 0.724. The van der Waals surface area contributed by atoms with Crippen molar-refractivity contribution in [2.24, 2.45) is 5.10 Å². The molecule has 7 heteroatoms. The van der Waals surface area contributed by atoms with Gasteiger partial charge in [-0.2, -0.15) is 5.10 Å². The molecule has 4 rings (SSSR count). The molecule has 0 saturated carbocycles. The standard InChI is InChI=1S/C19H17N5OS/c1-3-24-18(25)13-8-4-5-9-14(13)21-19(24)23-22-12(2)17-20-15-10-6-7-11-16(15)26-17/h4-11H,3H2,1-2H3,(H,21,23)/b22-12-. The zero-order valence-electron chi connectivity index (χ0n) is 14.4. The average molecular weight is 363 g/mol. The summed E-state index contributed by atoms with van der Waals surface area (Å²) in [4.78, 5) is 21.8. The van der Waals surface area contributed by atoms with E-state index in [9.17, 15) is 4.79 Å². The molecule has 0 unspecified atom stereocenters. The molecule has 2 heterocycles. The minimum Gasteiger partial charge on any atom is -0.277 e. The largest absolute Gasteiger partial charge is 0.277 e. The number of anilines is 1. The van der Waals surface area contributed by atoms with Crippen LogP contribution in [0.4, 0.5) is 5.95 Å². The molecule has 2 aromatic carbocycles. The molecule has 6 nitrogen and oxygen atoms in total. The maximum absolute atomic E-state index is 12.6. The lowest BCUT2D eigenvalue weighted by atomic mass is 10.2. The van der Waals surface area contributed by atoms with Gasteiger partial charge in [0.1, 0.15) is 5.01 Å². The second-order valence-corrected chi connectivity index (χ2v) is 6.83. The molecule has 1 N–H and O–H groups in total. The maximum Gasteiger partial charge on any atom is 0.262 e. The van der Waals surface area contributed by atoms with Gasteiger partial charge in [0, 0.05) is 6.54 Å². The second kappa shape index (κ2) is 6.68. The average Bonchev–Trinajstić information content (AvgIpc) is 3.10. The van der Waals surface area contributed by atoms with Crippen molar-refractivity contribution < 1.29 is 0 Å². The molecule has 0 bridgehead atoms. The van der Waals surface area contributed by atoms with E-state index >= 15 is 0 Å². The first kappa shape index (κ1) is 16.4. The molecule has 2 aromatic heterocycles. The molecule has 0 atom stereocenters.